The number of aromatic nitrogens is 2. The van der Waals surface area contributed by atoms with Gasteiger partial charge in [-0.15, -0.1) is 0 Å². The second kappa shape index (κ2) is 11.5. The van der Waals surface area contributed by atoms with E-state index in [9.17, 15) is 9.59 Å². The molecule has 0 saturated heterocycles. The fourth-order valence-corrected chi connectivity index (χ4v) is 5.16. The first-order valence-corrected chi connectivity index (χ1v) is 13.8. The average Bonchev–Trinajstić information content (AvgIpc) is 3.29. The molecule has 196 valence electrons. The fraction of sp³-hybridized carbons (Fsp3) is 0.621. The Balaban J connectivity index is 1.58. The second-order valence-corrected chi connectivity index (χ2v) is 11.0. The topological polar surface area (TPSA) is 76.5 Å². The highest BCUT2D eigenvalue weighted by Gasteiger charge is 2.48. The maximum Gasteiger partial charge on any atom is 0.273 e. The van der Waals surface area contributed by atoms with E-state index < -0.39 is 5.54 Å². The summed E-state index contributed by atoms with van der Waals surface area (Å²) < 4.78 is 7.51. The van der Waals surface area contributed by atoms with Crippen molar-refractivity contribution in [1.82, 2.24) is 20.0 Å². The summed E-state index contributed by atoms with van der Waals surface area (Å²) in [6, 6.07) is 9.90. The van der Waals surface area contributed by atoms with Gasteiger partial charge in [0.25, 0.3) is 5.91 Å². The zero-order valence-corrected chi connectivity index (χ0v) is 22.4. The number of carbonyl (C=O) groups excluding carboxylic acids is 2. The van der Waals surface area contributed by atoms with Crippen LogP contribution in [0.15, 0.2) is 30.3 Å². The van der Waals surface area contributed by atoms with Crippen LogP contribution >= 0.6 is 0 Å². The molecule has 1 unspecified atom stereocenters. The zero-order chi connectivity index (χ0) is 25.7. The van der Waals surface area contributed by atoms with Crippen LogP contribution in [-0.2, 0) is 11.3 Å². The van der Waals surface area contributed by atoms with Crippen molar-refractivity contribution in [2.24, 2.45) is 5.92 Å². The molecule has 1 fully saturated rings. The van der Waals surface area contributed by atoms with Gasteiger partial charge in [-0.25, -0.2) is 0 Å². The molecular formula is C29H42N4O3. The first-order valence-electron chi connectivity index (χ1n) is 13.8. The molecule has 2 aromatic rings. The van der Waals surface area contributed by atoms with E-state index in [1.54, 1.807) is 9.58 Å². The third kappa shape index (κ3) is 5.76. The number of nitrogens with one attached hydrogen (secondary N) is 1. The number of carbonyl (C=O) groups is 2. The quantitative estimate of drug-likeness (QED) is 0.446. The van der Waals surface area contributed by atoms with E-state index in [0.29, 0.717) is 31.3 Å². The van der Waals surface area contributed by atoms with E-state index in [-0.39, 0.29) is 17.9 Å². The van der Waals surface area contributed by atoms with Gasteiger partial charge in [-0.3, -0.25) is 14.3 Å². The Morgan fingerprint density at radius 2 is 1.92 bits per heavy atom. The average molecular weight is 495 g/mol. The molecule has 1 N–H and O–H groups in total. The van der Waals surface area contributed by atoms with E-state index in [4.69, 9.17) is 9.84 Å². The molecule has 7 nitrogen and oxygen atoms in total. The molecule has 0 spiro atoms. The van der Waals surface area contributed by atoms with Crippen LogP contribution < -0.4 is 10.1 Å². The molecule has 1 aliphatic heterocycles. The van der Waals surface area contributed by atoms with Crippen molar-refractivity contribution in [3.8, 4) is 17.0 Å². The molecule has 1 atom stereocenters. The van der Waals surface area contributed by atoms with Gasteiger partial charge in [0.15, 0.2) is 0 Å². The highest BCUT2D eigenvalue weighted by atomic mass is 16.5. The third-order valence-corrected chi connectivity index (χ3v) is 7.57. The summed E-state index contributed by atoms with van der Waals surface area (Å²) in [5.41, 5.74) is 1.23. The van der Waals surface area contributed by atoms with Gasteiger partial charge in [-0.1, -0.05) is 46.5 Å². The Hall–Kier alpha value is -2.83. The zero-order valence-electron chi connectivity index (χ0n) is 22.4. The van der Waals surface area contributed by atoms with E-state index in [2.05, 4.69) is 26.1 Å². The van der Waals surface area contributed by atoms with Gasteiger partial charge < -0.3 is 15.0 Å². The molecule has 0 radical (unpaired) electrons. The summed E-state index contributed by atoms with van der Waals surface area (Å²) in [5.74, 6) is 1.08. The molecule has 2 aliphatic rings. The van der Waals surface area contributed by atoms with Crippen molar-refractivity contribution in [3.63, 3.8) is 0 Å². The lowest BCUT2D eigenvalue weighted by Crippen LogP contribution is -2.65. The van der Waals surface area contributed by atoms with Gasteiger partial charge in [0, 0.05) is 18.2 Å². The van der Waals surface area contributed by atoms with Gasteiger partial charge in [0.2, 0.25) is 5.91 Å². The smallest absolute Gasteiger partial charge is 0.273 e. The fourth-order valence-electron chi connectivity index (χ4n) is 5.16. The van der Waals surface area contributed by atoms with Crippen LogP contribution in [0, 0.1) is 5.92 Å². The molecule has 1 saturated carbocycles. The van der Waals surface area contributed by atoms with Gasteiger partial charge in [-0.2, -0.15) is 5.10 Å². The molecule has 0 bridgehead atoms. The lowest BCUT2D eigenvalue weighted by molar-refractivity contribution is -0.134. The van der Waals surface area contributed by atoms with Crippen LogP contribution in [0.4, 0.5) is 0 Å². The SMILES string of the molecule is CCCCOc1ccc(-c2cc3n(n2)CC(C)(C(=O)NC2CCCCC2)N(CCC(C)C)C3=O)cc1. The summed E-state index contributed by atoms with van der Waals surface area (Å²) in [7, 11) is 0. The van der Waals surface area contributed by atoms with Crippen LogP contribution in [0.5, 0.6) is 5.75 Å². The second-order valence-electron chi connectivity index (χ2n) is 11.0. The monoisotopic (exact) mass is 494 g/mol. The molecule has 2 heterocycles. The standard InChI is InChI=1S/C29H42N4O3/c1-5-6-18-36-24-14-12-22(13-15-24)25-19-26-27(34)32(17-16-21(2)3)29(4,20-33(26)31-25)28(35)30-23-10-8-7-9-11-23/h12-15,19,21,23H,5-11,16-18,20H2,1-4H3,(H,30,35). The largest absolute Gasteiger partial charge is 0.494 e. The first-order chi connectivity index (χ1) is 17.3. The Morgan fingerprint density at radius 3 is 2.58 bits per heavy atom. The number of unbranched alkanes of at least 4 members (excludes halogenated alkanes) is 1. The Labute approximate surface area is 215 Å². The van der Waals surface area contributed by atoms with Crippen molar-refractivity contribution in [3.05, 3.63) is 36.0 Å². The van der Waals surface area contributed by atoms with Crippen molar-refractivity contribution in [1.29, 1.82) is 0 Å². The number of amides is 2. The lowest BCUT2D eigenvalue weighted by Gasteiger charge is -2.44. The highest BCUT2D eigenvalue weighted by Crippen LogP contribution is 2.32. The molecule has 7 heteroatoms. The number of fused-ring (bicyclic) bond motifs is 1. The van der Waals surface area contributed by atoms with Crippen molar-refractivity contribution < 1.29 is 14.3 Å². The summed E-state index contributed by atoms with van der Waals surface area (Å²) in [6.45, 7) is 9.94. The van der Waals surface area contributed by atoms with Gasteiger partial charge in [0.05, 0.1) is 18.8 Å². The maximum atomic E-state index is 13.8. The van der Waals surface area contributed by atoms with Crippen molar-refractivity contribution in [2.75, 3.05) is 13.2 Å². The highest BCUT2D eigenvalue weighted by molar-refractivity contribution is 6.00. The number of rotatable bonds is 10. The van der Waals surface area contributed by atoms with Crippen LogP contribution in [0.1, 0.15) is 89.5 Å². The lowest BCUT2D eigenvalue weighted by atomic mass is 9.91. The molecule has 36 heavy (non-hydrogen) atoms. The number of hydrogen-bond donors (Lipinski definition) is 1. The van der Waals surface area contributed by atoms with E-state index in [1.807, 2.05) is 37.3 Å². The van der Waals surface area contributed by atoms with Crippen molar-refractivity contribution in [2.45, 2.75) is 97.2 Å². The van der Waals surface area contributed by atoms with Crippen LogP contribution in [0.25, 0.3) is 11.3 Å². The number of benzene rings is 1. The number of hydrogen-bond acceptors (Lipinski definition) is 4. The summed E-state index contributed by atoms with van der Waals surface area (Å²) >= 11 is 0. The minimum atomic E-state index is -0.976. The third-order valence-electron chi connectivity index (χ3n) is 7.57. The predicted octanol–water partition coefficient (Wildman–Crippen LogP) is 5.44. The van der Waals surface area contributed by atoms with E-state index in [1.165, 1.54) is 6.42 Å². The summed E-state index contributed by atoms with van der Waals surface area (Å²) in [4.78, 5) is 29.2. The Morgan fingerprint density at radius 1 is 1.19 bits per heavy atom. The molecule has 1 aromatic heterocycles. The van der Waals surface area contributed by atoms with Crippen molar-refractivity contribution >= 4 is 11.8 Å². The molecule has 1 aliphatic carbocycles. The van der Waals surface area contributed by atoms with Gasteiger partial charge >= 0.3 is 0 Å². The molecule has 1 aromatic carbocycles. The van der Waals surface area contributed by atoms with Gasteiger partial charge in [0.1, 0.15) is 17.0 Å². The van der Waals surface area contributed by atoms with Crippen LogP contribution in [0.2, 0.25) is 0 Å². The Kier molecular flexibility index (Phi) is 8.37. The molecule has 4 rings (SSSR count). The number of ether oxygens (including phenoxy) is 1. The van der Waals surface area contributed by atoms with E-state index in [0.717, 1.165) is 62.0 Å². The van der Waals surface area contributed by atoms with Crippen LogP contribution in [0.3, 0.4) is 0 Å². The Bertz CT molecular complexity index is 1040. The normalized spacial score (nSPS) is 20.5. The summed E-state index contributed by atoms with van der Waals surface area (Å²) in [6.07, 6.45) is 8.51. The van der Waals surface area contributed by atoms with E-state index >= 15 is 0 Å². The minimum absolute atomic E-state index is 0.0669. The minimum Gasteiger partial charge on any atom is -0.494 e. The number of nitrogens with zero attached hydrogens (tertiary/aromatic N) is 3. The predicted molar refractivity (Wildman–Crippen MR) is 142 cm³/mol. The molecule has 2 amide bonds. The van der Waals surface area contributed by atoms with Crippen LogP contribution in [-0.4, -0.2) is 51.2 Å². The van der Waals surface area contributed by atoms with Gasteiger partial charge in [-0.05, 0) is 68.9 Å². The first kappa shape index (κ1) is 26.2. The maximum absolute atomic E-state index is 13.8. The molecular weight excluding hydrogens is 452 g/mol. The summed E-state index contributed by atoms with van der Waals surface area (Å²) in [5, 5.41) is 8.06.